The highest BCUT2D eigenvalue weighted by atomic mass is 35.5. The Hall–Kier alpha value is -2.99. The molecule has 0 spiro atoms. The van der Waals surface area contributed by atoms with E-state index in [2.05, 4.69) is 10.3 Å². The summed E-state index contributed by atoms with van der Waals surface area (Å²) in [7, 11) is 1.81. The number of rotatable bonds is 7. The standard InChI is InChI=1S/C21H19ClFN3O2/c1-26-13-12-24-21(26)20(15-4-8-17(23)9-5-15)25-19(28)11-10-18(27)14-2-6-16(22)7-3-14/h2-9,12-13,20H,10-11H2,1H3,(H,25,28)/t20-/m1/s1. The molecule has 7 heteroatoms. The topological polar surface area (TPSA) is 64.0 Å². The Kier molecular flexibility index (Phi) is 6.21. The van der Waals surface area contributed by atoms with Crippen LogP contribution in [0.3, 0.4) is 0 Å². The molecule has 3 aromatic rings. The van der Waals surface area contributed by atoms with Crippen LogP contribution in [0.5, 0.6) is 0 Å². The smallest absolute Gasteiger partial charge is 0.221 e. The molecule has 0 saturated carbocycles. The SMILES string of the molecule is Cn1ccnc1[C@H](NC(=O)CCC(=O)c1ccc(Cl)cc1)c1ccc(F)cc1. The lowest BCUT2D eigenvalue weighted by Crippen LogP contribution is -2.31. The summed E-state index contributed by atoms with van der Waals surface area (Å²) in [5.41, 5.74) is 1.21. The van der Waals surface area contributed by atoms with E-state index in [1.807, 2.05) is 7.05 Å². The van der Waals surface area contributed by atoms with Crippen molar-refractivity contribution in [1.82, 2.24) is 14.9 Å². The number of carbonyl (C=O) groups excluding carboxylic acids is 2. The van der Waals surface area contributed by atoms with E-state index >= 15 is 0 Å². The molecule has 1 N–H and O–H groups in total. The highest BCUT2D eigenvalue weighted by Crippen LogP contribution is 2.21. The van der Waals surface area contributed by atoms with Crippen LogP contribution in [0.2, 0.25) is 5.02 Å². The fourth-order valence-electron chi connectivity index (χ4n) is 2.85. The van der Waals surface area contributed by atoms with Gasteiger partial charge in [-0.25, -0.2) is 9.37 Å². The molecule has 0 aliphatic carbocycles. The minimum absolute atomic E-state index is 0.0313. The van der Waals surface area contributed by atoms with Gasteiger partial charge in [0.1, 0.15) is 17.7 Å². The number of carbonyl (C=O) groups is 2. The molecule has 2 aromatic carbocycles. The second kappa shape index (κ2) is 8.80. The van der Waals surface area contributed by atoms with Gasteiger partial charge in [0.25, 0.3) is 0 Å². The summed E-state index contributed by atoms with van der Waals surface area (Å²) < 4.78 is 15.1. The molecule has 0 radical (unpaired) electrons. The maximum atomic E-state index is 13.3. The number of aromatic nitrogens is 2. The van der Waals surface area contributed by atoms with Crippen molar-refractivity contribution in [2.45, 2.75) is 18.9 Å². The van der Waals surface area contributed by atoms with E-state index in [4.69, 9.17) is 11.6 Å². The van der Waals surface area contributed by atoms with Crippen LogP contribution in [0.25, 0.3) is 0 Å². The van der Waals surface area contributed by atoms with Gasteiger partial charge in [-0.15, -0.1) is 0 Å². The molecule has 0 aliphatic rings. The molecule has 1 amide bonds. The Labute approximate surface area is 167 Å². The number of nitrogens with zero attached hydrogens (tertiary/aromatic N) is 2. The highest BCUT2D eigenvalue weighted by Gasteiger charge is 2.21. The van der Waals surface area contributed by atoms with Crippen molar-refractivity contribution < 1.29 is 14.0 Å². The first kappa shape index (κ1) is 19.8. The average molecular weight is 400 g/mol. The molecule has 3 rings (SSSR count). The molecule has 28 heavy (non-hydrogen) atoms. The summed E-state index contributed by atoms with van der Waals surface area (Å²) in [5.74, 6) is -0.173. The number of ketones is 1. The van der Waals surface area contributed by atoms with Gasteiger partial charge in [-0.1, -0.05) is 23.7 Å². The number of hydrogen-bond donors (Lipinski definition) is 1. The van der Waals surface area contributed by atoms with E-state index in [-0.39, 0.29) is 30.3 Å². The zero-order valence-corrected chi connectivity index (χ0v) is 16.0. The van der Waals surface area contributed by atoms with Crippen LogP contribution in [-0.2, 0) is 11.8 Å². The van der Waals surface area contributed by atoms with E-state index in [0.29, 0.717) is 22.0 Å². The second-order valence-corrected chi connectivity index (χ2v) is 6.81. The van der Waals surface area contributed by atoms with Crippen LogP contribution in [0.4, 0.5) is 4.39 Å². The van der Waals surface area contributed by atoms with E-state index in [0.717, 1.165) is 0 Å². The van der Waals surface area contributed by atoms with Gasteiger partial charge in [0.15, 0.2) is 5.78 Å². The summed E-state index contributed by atoms with van der Waals surface area (Å²) in [6.07, 6.45) is 3.50. The maximum absolute atomic E-state index is 13.3. The Morgan fingerprint density at radius 3 is 2.39 bits per heavy atom. The lowest BCUT2D eigenvalue weighted by molar-refractivity contribution is -0.121. The largest absolute Gasteiger partial charge is 0.342 e. The van der Waals surface area contributed by atoms with Crippen LogP contribution in [-0.4, -0.2) is 21.2 Å². The fourth-order valence-corrected chi connectivity index (χ4v) is 2.97. The van der Waals surface area contributed by atoms with Gasteiger partial charge in [0, 0.05) is 42.9 Å². The Morgan fingerprint density at radius 1 is 1.11 bits per heavy atom. The molecule has 1 heterocycles. The first-order valence-corrected chi connectivity index (χ1v) is 9.12. The third-order valence-corrected chi connectivity index (χ3v) is 4.62. The van der Waals surface area contributed by atoms with Gasteiger partial charge in [-0.3, -0.25) is 9.59 Å². The summed E-state index contributed by atoms with van der Waals surface area (Å²) in [5, 5.41) is 3.44. The first-order chi connectivity index (χ1) is 13.4. The van der Waals surface area contributed by atoms with Gasteiger partial charge >= 0.3 is 0 Å². The van der Waals surface area contributed by atoms with Crippen LogP contribution >= 0.6 is 11.6 Å². The molecular weight excluding hydrogens is 381 g/mol. The Balaban J connectivity index is 1.69. The molecule has 1 atom stereocenters. The zero-order chi connectivity index (χ0) is 20.1. The van der Waals surface area contributed by atoms with Gasteiger partial charge < -0.3 is 9.88 Å². The lowest BCUT2D eigenvalue weighted by atomic mass is 10.0. The van der Waals surface area contributed by atoms with Crippen molar-refractivity contribution in [3.63, 3.8) is 0 Å². The van der Waals surface area contributed by atoms with Crippen molar-refractivity contribution in [3.05, 3.63) is 88.7 Å². The van der Waals surface area contributed by atoms with E-state index in [9.17, 15) is 14.0 Å². The van der Waals surface area contributed by atoms with Crippen molar-refractivity contribution in [1.29, 1.82) is 0 Å². The zero-order valence-electron chi connectivity index (χ0n) is 15.2. The molecule has 0 saturated heterocycles. The molecule has 0 unspecified atom stereocenters. The first-order valence-electron chi connectivity index (χ1n) is 8.75. The minimum Gasteiger partial charge on any atom is -0.342 e. The average Bonchev–Trinajstić information content (AvgIpc) is 3.11. The molecule has 5 nitrogen and oxygen atoms in total. The van der Waals surface area contributed by atoms with Crippen molar-refractivity contribution in [3.8, 4) is 0 Å². The predicted molar refractivity (Wildman–Crippen MR) is 105 cm³/mol. The van der Waals surface area contributed by atoms with Gasteiger partial charge in [0.2, 0.25) is 5.91 Å². The molecule has 1 aromatic heterocycles. The van der Waals surface area contributed by atoms with E-state index in [1.165, 1.54) is 12.1 Å². The fraction of sp³-hybridized carbons (Fsp3) is 0.190. The number of Topliss-reactive ketones (excluding diaryl/α,β-unsaturated/α-hetero) is 1. The molecule has 0 bridgehead atoms. The van der Waals surface area contributed by atoms with Gasteiger partial charge in [0.05, 0.1) is 0 Å². The molecule has 0 aliphatic heterocycles. The molecule has 144 valence electrons. The Morgan fingerprint density at radius 2 is 1.79 bits per heavy atom. The van der Waals surface area contributed by atoms with Crippen molar-refractivity contribution in [2.24, 2.45) is 7.05 Å². The van der Waals surface area contributed by atoms with Crippen molar-refractivity contribution >= 4 is 23.3 Å². The van der Waals surface area contributed by atoms with E-state index in [1.54, 1.807) is 53.4 Å². The summed E-state index contributed by atoms with van der Waals surface area (Å²) in [6, 6.07) is 11.9. The molecule has 0 fully saturated rings. The quantitative estimate of drug-likeness (QED) is 0.609. The van der Waals surface area contributed by atoms with Crippen LogP contribution in [0, 0.1) is 5.82 Å². The number of nitrogens with one attached hydrogen (secondary N) is 1. The van der Waals surface area contributed by atoms with E-state index < -0.39 is 6.04 Å². The highest BCUT2D eigenvalue weighted by molar-refractivity contribution is 6.30. The third kappa shape index (κ3) is 4.84. The number of halogens is 2. The normalized spacial score (nSPS) is 11.8. The number of benzene rings is 2. The second-order valence-electron chi connectivity index (χ2n) is 6.38. The lowest BCUT2D eigenvalue weighted by Gasteiger charge is -2.19. The summed E-state index contributed by atoms with van der Waals surface area (Å²) in [4.78, 5) is 29.0. The minimum atomic E-state index is -0.543. The Bertz CT molecular complexity index is 968. The molecular formula is C21H19ClFN3O2. The van der Waals surface area contributed by atoms with Crippen LogP contribution < -0.4 is 5.32 Å². The summed E-state index contributed by atoms with van der Waals surface area (Å²) >= 11 is 5.82. The van der Waals surface area contributed by atoms with Gasteiger partial charge in [-0.05, 0) is 42.0 Å². The summed E-state index contributed by atoms with van der Waals surface area (Å²) in [6.45, 7) is 0. The van der Waals surface area contributed by atoms with Crippen LogP contribution in [0.15, 0.2) is 60.9 Å². The third-order valence-electron chi connectivity index (χ3n) is 4.37. The maximum Gasteiger partial charge on any atom is 0.221 e. The van der Waals surface area contributed by atoms with Crippen LogP contribution in [0.1, 0.15) is 40.6 Å². The van der Waals surface area contributed by atoms with Crippen molar-refractivity contribution in [2.75, 3.05) is 0 Å². The predicted octanol–water partition coefficient (Wildman–Crippen LogP) is 4.08. The van der Waals surface area contributed by atoms with Gasteiger partial charge in [-0.2, -0.15) is 0 Å². The monoisotopic (exact) mass is 399 g/mol. The number of hydrogen-bond acceptors (Lipinski definition) is 3. The number of amides is 1. The number of aryl methyl sites for hydroxylation is 1. The number of imidazole rings is 1.